The Bertz CT molecular complexity index is 354. The van der Waals surface area contributed by atoms with Crippen molar-refractivity contribution in [2.24, 2.45) is 0 Å². The van der Waals surface area contributed by atoms with Gasteiger partial charge in [-0.15, -0.1) is 0 Å². The highest BCUT2D eigenvalue weighted by Gasteiger charge is 1.93. The summed E-state index contributed by atoms with van der Waals surface area (Å²) in [6, 6.07) is 7.89. The molecule has 1 aromatic rings. The Morgan fingerprint density at radius 3 is 2.36 bits per heavy atom. The van der Waals surface area contributed by atoms with Crippen LogP contribution in [-0.4, -0.2) is 5.91 Å². The molecule has 14 heavy (non-hydrogen) atoms. The fourth-order valence-corrected chi connectivity index (χ4v) is 1.39. The fourth-order valence-electron chi connectivity index (χ4n) is 1.12. The minimum atomic E-state index is -0.0455. The van der Waals surface area contributed by atoms with Crippen LogP contribution in [-0.2, 0) is 4.79 Å². The van der Waals surface area contributed by atoms with E-state index in [2.05, 4.69) is 21.2 Å². The molecule has 0 heterocycles. The Labute approximate surface area is 92.1 Å². The van der Waals surface area contributed by atoms with Crippen LogP contribution in [0.3, 0.4) is 0 Å². The number of allylic oxidation sites excluding steroid dienone is 1. The van der Waals surface area contributed by atoms with Gasteiger partial charge in [0.1, 0.15) is 0 Å². The van der Waals surface area contributed by atoms with E-state index in [0.29, 0.717) is 0 Å². The molecular weight excluding hydrogens is 242 g/mol. The molecule has 74 valence electrons. The SMILES string of the molecule is CC(=O)N/C(C)=C/c1ccc(Br)cc1. The second kappa shape index (κ2) is 4.96. The number of halogens is 1. The molecule has 0 fully saturated rings. The van der Waals surface area contributed by atoms with Crippen molar-refractivity contribution in [3.63, 3.8) is 0 Å². The maximum Gasteiger partial charge on any atom is 0.220 e. The van der Waals surface area contributed by atoms with Gasteiger partial charge in [0.25, 0.3) is 0 Å². The van der Waals surface area contributed by atoms with Gasteiger partial charge >= 0.3 is 0 Å². The molecule has 0 spiro atoms. The van der Waals surface area contributed by atoms with E-state index >= 15 is 0 Å². The molecule has 0 aliphatic carbocycles. The summed E-state index contributed by atoms with van der Waals surface area (Å²) in [5.74, 6) is -0.0455. The quantitative estimate of drug-likeness (QED) is 0.863. The van der Waals surface area contributed by atoms with Gasteiger partial charge in [-0.25, -0.2) is 0 Å². The smallest absolute Gasteiger partial charge is 0.220 e. The first-order chi connectivity index (χ1) is 6.58. The lowest BCUT2D eigenvalue weighted by atomic mass is 10.2. The molecule has 1 rings (SSSR count). The van der Waals surface area contributed by atoms with Crippen molar-refractivity contribution < 1.29 is 4.79 Å². The molecule has 0 saturated heterocycles. The number of carbonyl (C=O) groups is 1. The summed E-state index contributed by atoms with van der Waals surface area (Å²) in [4.78, 5) is 10.7. The first-order valence-corrected chi connectivity index (χ1v) is 5.08. The van der Waals surface area contributed by atoms with Gasteiger partial charge in [0.05, 0.1) is 0 Å². The first kappa shape index (κ1) is 11.0. The highest BCUT2D eigenvalue weighted by atomic mass is 79.9. The summed E-state index contributed by atoms with van der Waals surface area (Å²) >= 11 is 3.36. The highest BCUT2D eigenvalue weighted by Crippen LogP contribution is 2.12. The van der Waals surface area contributed by atoms with E-state index in [-0.39, 0.29) is 5.91 Å². The highest BCUT2D eigenvalue weighted by molar-refractivity contribution is 9.10. The zero-order chi connectivity index (χ0) is 10.6. The van der Waals surface area contributed by atoms with Gasteiger partial charge in [0.2, 0.25) is 5.91 Å². The molecule has 0 aliphatic heterocycles. The van der Waals surface area contributed by atoms with Crippen molar-refractivity contribution in [2.75, 3.05) is 0 Å². The maximum absolute atomic E-state index is 10.7. The van der Waals surface area contributed by atoms with Gasteiger partial charge < -0.3 is 5.32 Å². The molecule has 0 unspecified atom stereocenters. The van der Waals surface area contributed by atoms with Crippen LogP contribution in [0.25, 0.3) is 6.08 Å². The topological polar surface area (TPSA) is 29.1 Å². The Balaban J connectivity index is 2.76. The van der Waals surface area contributed by atoms with Crippen LogP contribution < -0.4 is 5.32 Å². The van der Waals surface area contributed by atoms with Crippen LogP contribution in [0.2, 0.25) is 0 Å². The maximum atomic E-state index is 10.7. The summed E-state index contributed by atoms with van der Waals surface area (Å²) in [6.45, 7) is 3.36. The van der Waals surface area contributed by atoms with Gasteiger partial charge in [-0.05, 0) is 30.7 Å². The van der Waals surface area contributed by atoms with Gasteiger partial charge in [-0.1, -0.05) is 28.1 Å². The van der Waals surface area contributed by atoms with Gasteiger partial charge in [0.15, 0.2) is 0 Å². The molecule has 0 aliphatic rings. The molecule has 0 aromatic heterocycles. The number of amides is 1. The molecule has 3 heteroatoms. The Morgan fingerprint density at radius 2 is 1.86 bits per heavy atom. The zero-order valence-corrected chi connectivity index (χ0v) is 9.76. The molecular formula is C11H12BrNO. The number of benzene rings is 1. The van der Waals surface area contributed by atoms with Gasteiger partial charge in [0, 0.05) is 17.1 Å². The van der Waals surface area contributed by atoms with Crippen molar-refractivity contribution in [1.82, 2.24) is 5.32 Å². The van der Waals surface area contributed by atoms with Crippen molar-refractivity contribution >= 4 is 27.9 Å². The predicted molar refractivity (Wildman–Crippen MR) is 61.6 cm³/mol. The minimum absolute atomic E-state index is 0.0455. The number of hydrogen-bond donors (Lipinski definition) is 1. The second-order valence-corrected chi connectivity index (χ2v) is 3.98. The van der Waals surface area contributed by atoms with Crippen LogP contribution in [0.5, 0.6) is 0 Å². The molecule has 2 nitrogen and oxygen atoms in total. The van der Waals surface area contributed by atoms with Crippen molar-refractivity contribution in [2.45, 2.75) is 13.8 Å². The third kappa shape index (κ3) is 3.75. The fraction of sp³-hybridized carbons (Fsp3) is 0.182. The van der Waals surface area contributed by atoms with Crippen LogP contribution >= 0.6 is 15.9 Å². The number of rotatable bonds is 2. The summed E-state index contributed by atoms with van der Waals surface area (Å²) in [5, 5.41) is 2.72. The summed E-state index contributed by atoms with van der Waals surface area (Å²) in [7, 11) is 0. The monoisotopic (exact) mass is 253 g/mol. The molecule has 1 aromatic carbocycles. The second-order valence-electron chi connectivity index (χ2n) is 3.06. The largest absolute Gasteiger partial charge is 0.330 e. The van der Waals surface area contributed by atoms with E-state index in [4.69, 9.17) is 0 Å². The third-order valence-electron chi connectivity index (χ3n) is 1.63. The third-order valence-corrected chi connectivity index (χ3v) is 2.16. The molecule has 0 atom stereocenters. The molecule has 1 amide bonds. The van der Waals surface area contributed by atoms with Crippen molar-refractivity contribution in [3.8, 4) is 0 Å². The average Bonchev–Trinajstić information content (AvgIpc) is 2.07. The van der Waals surface area contributed by atoms with Crippen LogP contribution in [0.15, 0.2) is 34.4 Å². The van der Waals surface area contributed by atoms with E-state index < -0.39 is 0 Å². The Kier molecular flexibility index (Phi) is 3.89. The van der Waals surface area contributed by atoms with E-state index in [1.807, 2.05) is 37.3 Å². The van der Waals surface area contributed by atoms with E-state index in [1.165, 1.54) is 6.92 Å². The Morgan fingerprint density at radius 1 is 1.29 bits per heavy atom. The lowest BCUT2D eigenvalue weighted by molar-refractivity contribution is -0.118. The van der Waals surface area contributed by atoms with E-state index in [0.717, 1.165) is 15.7 Å². The zero-order valence-electron chi connectivity index (χ0n) is 8.17. The Hall–Kier alpha value is -1.09. The number of hydrogen-bond acceptors (Lipinski definition) is 1. The van der Waals surface area contributed by atoms with Crippen LogP contribution in [0.1, 0.15) is 19.4 Å². The van der Waals surface area contributed by atoms with Gasteiger partial charge in [-0.3, -0.25) is 4.79 Å². The predicted octanol–water partition coefficient (Wildman–Crippen LogP) is 2.95. The summed E-state index contributed by atoms with van der Waals surface area (Å²) in [6.07, 6.45) is 1.92. The van der Waals surface area contributed by atoms with E-state index in [1.54, 1.807) is 0 Å². The summed E-state index contributed by atoms with van der Waals surface area (Å²) in [5.41, 5.74) is 1.92. The molecule has 0 bridgehead atoms. The normalized spacial score (nSPS) is 11.2. The van der Waals surface area contributed by atoms with Crippen LogP contribution in [0, 0.1) is 0 Å². The lowest BCUT2D eigenvalue weighted by Crippen LogP contribution is -2.16. The minimum Gasteiger partial charge on any atom is -0.330 e. The molecule has 1 N–H and O–H groups in total. The lowest BCUT2D eigenvalue weighted by Gasteiger charge is -2.01. The average molecular weight is 254 g/mol. The standard InChI is InChI=1S/C11H12BrNO/c1-8(13-9(2)14)7-10-3-5-11(12)6-4-10/h3-7H,1-2H3,(H,13,14)/b8-7+. The van der Waals surface area contributed by atoms with Crippen molar-refractivity contribution in [3.05, 3.63) is 40.0 Å². The van der Waals surface area contributed by atoms with Gasteiger partial charge in [-0.2, -0.15) is 0 Å². The summed E-state index contributed by atoms with van der Waals surface area (Å²) < 4.78 is 1.05. The van der Waals surface area contributed by atoms with Crippen molar-refractivity contribution in [1.29, 1.82) is 0 Å². The molecule has 0 radical (unpaired) electrons. The first-order valence-electron chi connectivity index (χ1n) is 4.29. The number of nitrogens with one attached hydrogen (secondary N) is 1. The van der Waals surface area contributed by atoms with E-state index in [9.17, 15) is 4.79 Å². The van der Waals surface area contributed by atoms with Crippen LogP contribution in [0.4, 0.5) is 0 Å². The number of carbonyl (C=O) groups excluding carboxylic acids is 1. The molecule has 0 saturated carbocycles.